The predicted octanol–water partition coefficient (Wildman–Crippen LogP) is 2.51. The van der Waals surface area contributed by atoms with Gasteiger partial charge in [-0.05, 0) is 12.1 Å². The molecule has 0 amide bonds. The van der Waals surface area contributed by atoms with Crippen LogP contribution < -0.4 is 9.47 Å². The highest BCUT2D eigenvalue weighted by Gasteiger charge is 2.28. The normalized spacial score (nSPS) is 10.7. The van der Waals surface area contributed by atoms with E-state index in [-0.39, 0.29) is 17.1 Å². The molecule has 6 heteroatoms. The van der Waals surface area contributed by atoms with Gasteiger partial charge in [-0.1, -0.05) is 0 Å². The second kappa shape index (κ2) is 4.75. The number of methoxy groups -OCH3 is 1. The van der Waals surface area contributed by atoms with Gasteiger partial charge in [-0.15, -0.1) is 0 Å². The maximum absolute atomic E-state index is 11.9. The Balaban J connectivity index is 2.84. The van der Waals surface area contributed by atoms with E-state index in [1.54, 1.807) is 6.07 Å². The molecule has 0 heterocycles. The molecule has 0 unspecified atom stereocenters. The average molecular weight is 231 g/mol. The summed E-state index contributed by atoms with van der Waals surface area (Å²) in [7, 11) is 1.35. The fourth-order valence-corrected chi connectivity index (χ4v) is 1.00. The van der Waals surface area contributed by atoms with Crippen LogP contribution in [-0.2, 0) is 0 Å². The molecule has 0 fully saturated rings. The van der Waals surface area contributed by atoms with E-state index in [1.165, 1.54) is 25.3 Å². The average Bonchev–Trinajstić information content (AvgIpc) is 2.25. The van der Waals surface area contributed by atoms with Crippen LogP contribution in [-0.4, -0.2) is 19.9 Å². The van der Waals surface area contributed by atoms with Crippen LogP contribution in [0.25, 0.3) is 0 Å². The van der Waals surface area contributed by atoms with Crippen LogP contribution in [0.1, 0.15) is 5.56 Å². The van der Waals surface area contributed by atoms with E-state index in [0.717, 1.165) is 0 Å². The molecule has 0 atom stereocenters. The maximum Gasteiger partial charge on any atom is 0.422 e. The highest BCUT2D eigenvalue weighted by Crippen LogP contribution is 2.24. The molecule has 16 heavy (non-hydrogen) atoms. The first-order valence-electron chi connectivity index (χ1n) is 4.23. The van der Waals surface area contributed by atoms with Gasteiger partial charge in [-0.25, -0.2) is 0 Å². The number of halogens is 3. The van der Waals surface area contributed by atoms with Gasteiger partial charge in [0.05, 0.1) is 18.7 Å². The lowest BCUT2D eigenvalue weighted by molar-refractivity contribution is -0.153. The number of hydrogen-bond acceptors (Lipinski definition) is 3. The van der Waals surface area contributed by atoms with Crippen molar-refractivity contribution in [2.24, 2.45) is 0 Å². The Morgan fingerprint density at radius 1 is 1.25 bits per heavy atom. The minimum Gasteiger partial charge on any atom is -0.497 e. The van der Waals surface area contributed by atoms with Gasteiger partial charge < -0.3 is 9.47 Å². The predicted molar refractivity (Wildman–Crippen MR) is 49.3 cm³/mol. The standard InChI is InChI=1S/C10H8F3NO2/c1-15-8-2-7(5-14)3-9(4-8)16-6-10(11,12)13/h2-4H,6H2,1H3. The number of benzene rings is 1. The Morgan fingerprint density at radius 2 is 1.88 bits per heavy atom. The van der Waals surface area contributed by atoms with Crippen molar-refractivity contribution in [3.05, 3.63) is 23.8 Å². The van der Waals surface area contributed by atoms with Crippen molar-refractivity contribution in [1.29, 1.82) is 5.26 Å². The summed E-state index contributed by atoms with van der Waals surface area (Å²) in [6.07, 6.45) is -4.41. The molecule has 3 nitrogen and oxygen atoms in total. The maximum atomic E-state index is 11.9. The minimum absolute atomic E-state index is 0.0479. The first kappa shape index (κ1) is 12.2. The van der Waals surface area contributed by atoms with E-state index < -0.39 is 12.8 Å². The minimum atomic E-state index is -4.41. The molecule has 0 N–H and O–H groups in total. The van der Waals surface area contributed by atoms with Gasteiger partial charge in [0.15, 0.2) is 6.61 Å². The van der Waals surface area contributed by atoms with Crippen LogP contribution in [0.3, 0.4) is 0 Å². The Kier molecular flexibility index (Phi) is 3.61. The smallest absolute Gasteiger partial charge is 0.422 e. The number of rotatable bonds is 3. The Morgan fingerprint density at radius 3 is 2.38 bits per heavy atom. The van der Waals surface area contributed by atoms with Crippen molar-refractivity contribution < 1.29 is 22.6 Å². The van der Waals surface area contributed by atoms with Crippen molar-refractivity contribution in [1.82, 2.24) is 0 Å². The Hall–Kier alpha value is -1.90. The van der Waals surface area contributed by atoms with Gasteiger partial charge in [0.2, 0.25) is 0 Å². The van der Waals surface area contributed by atoms with E-state index in [0.29, 0.717) is 0 Å². The topological polar surface area (TPSA) is 42.2 Å². The molecule has 1 rings (SSSR count). The molecule has 0 spiro atoms. The SMILES string of the molecule is COc1cc(C#N)cc(OCC(F)(F)F)c1. The highest BCUT2D eigenvalue weighted by molar-refractivity contribution is 5.43. The lowest BCUT2D eigenvalue weighted by Crippen LogP contribution is -2.19. The van der Waals surface area contributed by atoms with Crippen molar-refractivity contribution in [3.8, 4) is 17.6 Å². The monoisotopic (exact) mass is 231 g/mol. The molecular weight excluding hydrogens is 223 g/mol. The number of alkyl halides is 3. The van der Waals surface area contributed by atoms with Gasteiger partial charge in [-0.2, -0.15) is 18.4 Å². The van der Waals surface area contributed by atoms with E-state index in [1.807, 2.05) is 0 Å². The van der Waals surface area contributed by atoms with Crippen LogP contribution in [0.5, 0.6) is 11.5 Å². The summed E-state index contributed by atoms with van der Waals surface area (Å²) in [5.74, 6) is 0.226. The van der Waals surface area contributed by atoms with Crippen molar-refractivity contribution in [2.45, 2.75) is 6.18 Å². The van der Waals surface area contributed by atoms with Crippen molar-refractivity contribution >= 4 is 0 Å². The summed E-state index contributed by atoms with van der Waals surface area (Å²) in [6.45, 7) is -1.40. The molecular formula is C10H8F3NO2. The summed E-state index contributed by atoms with van der Waals surface area (Å²) in [6, 6.07) is 5.70. The molecule has 0 saturated heterocycles. The van der Waals surface area contributed by atoms with Crippen LogP contribution in [0.2, 0.25) is 0 Å². The molecule has 0 radical (unpaired) electrons. The second-order valence-electron chi connectivity index (χ2n) is 2.91. The second-order valence-corrected chi connectivity index (χ2v) is 2.91. The van der Waals surface area contributed by atoms with Crippen LogP contribution >= 0.6 is 0 Å². The summed E-state index contributed by atoms with van der Waals surface area (Å²) in [4.78, 5) is 0. The Labute approximate surface area is 90.0 Å². The zero-order valence-electron chi connectivity index (χ0n) is 8.34. The lowest BCUT2D eigenvalue weighted by Gasteiger charge is -2.10. The molecule has 0 saturated carbocycles. The molecule has 0 aliphatic heterocycles. The highest BCUT2D eigenvalue weighted by atomic mass is 19.4. The fourth-order valence-electron chi connectivity index (χ4n) is 1.00. The molecule has 0 aliphatic rings. The first-order valence-corrected chi connectivity index (χ1v) is 4.23. The van der Waals surface area contributed by atoms with E-state index in [4.69, 9.17) is 10.00 Å². The van der Waals surface area contributed by atoms with Crippen LogP contribution in [0.15, 0.2) is 18.2 Å². The van der Waals surface area contributed by atoms with Gasteiger partial charge in [0.1, 0.15) is 11.5 Å². The quantitative estimate of drug-likeness (QED) is 0.802. The third kappa shape index (κ3) is 3.69. The molecule has 0 bridgehead atoms. The molecule has 86 valence electrons. The molecule has 1 aromatic carbocycles. The number of nitriles is 1. The van der Waals surface area contributed by atoms with Gasteiger partial charge in [0, 0.05) is 6.07 Å². The number of ether oxygens (including phenoxy) is 2. The largest absolute Gasteiger partial charge is 0.497 e. The first-order chi connectivity index (χ1) is 7.44. The van der Waals surface area contributed by atoms with Gasteiger partial charge >= 0.3 is 6.18 Å². The van der Waals surface area contributed by atoms with Crippen molar-refractivity contribution in [3.63, 3.8) is 0 Å². The Bertz CT molecular complexity index is 410. The number of nitrogens with zero attached hydrogens (tertiary/aromatic N) is 1. The fraction of sp³-hybridized carbons (Fsp3) is 0.300. The zero-order chi connectivity index (χ0) is 12.2. The van der Waals surface area contributed by atoms with E-state index in [9.17, 15) is 13.2 Å². The van der Waals surface area contributed by atoms with E-state index >= 15 is 0 Å². The van der Waals surface area contributed by atoms with Crippen LogP contribution in [0, 0.1) is 11.3 Å². The summed E-state index contributed by atoms with van der Waals surface area (Å²) < 4.78 is 45.0. The van der Waals surface area contributed by atoms with Gasteiger partial charge in [-0.3, -0.25) is 0 Å². The third-order valence-electron chi connectivity index (χ3n) is 1.65. The summed E-state index contributed by atoms with van der Waals surface area (Å²) in [5, 5.41) is 8.63. The third-order valence-corrected chi connectivity index (χ3v) is 1.65. The van der Waals surface area contributed by atoms with E-state index in [2.05, 4.69) is 4.74 Å². The van der Waals surface area contributed by atoms with Gasteiger partial charge in [0.25, 0.3) is 0 Å². The number of hydrogen-bond donors (Lipinski definition) is 0. The summed E-state index contributed by atoms with van der Waals surface area (Å²) in [5.41, 5.74) is 0.177. The molecule has 0 aliphatic carbocycles. The molecule has 1 aromatic rings. The lowest BCUT2D eigenvalue weighted by atomic mass is 10.2. The van der Waals surface area contributed by atoms with Crippen LogP contribution in [0.4, 0.5) is 13.2 Å². The zero-order valence-corrected chi connectivity index (χ0v) is 8.34. The van der Waals surface area contributed by atoms with Crippen molar-refractivity contribution in [2.75, 3.05) is 13.7 Å². The summed E-state index contributed by atoms with van der Waals surface area (Å²) >= 11 is 0. The molecule has 0 aromatic heterocycles.